The van der Waals surface area contributed by atoms with E-state index in [0.29, 0.717) is 5.16 Å². The monoisotopic (exact) mass is 228 g/mol. The molecule has 0 saturated carbocycles. The molecule has 0 atom stereocenters. The Kier molecular flexibility index (Phi) is 2.07. The maximum Gasteiger partial charge on any atom is 0.363 e. The maximum absolute atomic E-state index is 11.5. The van der Waals surface area contributed by atoms with Crippen molar-refractivity contribution >= 4 is 22.9 Å². The van der Waals surface area contributed by atoms with Crippen LogP contribution < -0.4 is 11.2 Å². The maximum atomic E-state index is 11.5. The highest BCUT2D eigenvalue weighted by molar-refractivity contribution is 7.98. The number of aromatic nitrogens is 4. The summed E-state index contributed by atoms with van der Waals surface area (Å²) < 4.78 is 1.55. The predicted octanol–water partition coefficient (Wildman–Crippen LogP) is -0.618. The van der Waals surface area contributed by atoms with E-state index < -0.39 is 11.2 Å². The lowest BCUT2D eigenvalue weighted by atomic mass is 10.5. The molecule has 0 aromatic carbocycles. The summed E-state index contributed by atoms with van der Waals surface area (Å²) >= 11 is 1.34. The van der Waals surface area contributed by atoms with E-state index in [4.69, 9.17) is 5.21 Å². The second kappa shape index (κ2) is 3.16. The minimum absolute atomic E-state index is 0.0358. The molecule has 0 bridgehead atoms. The van der Waals surface area contributed by atoms with Crippen molar-refractivity contribution in [3.05, 3.63) is 20.8 Å². The number of thioether (sulfide) groups is 1. The first-order valence-electron chi connectivity index (χ1n) is 4.01. The Morgan fingerprint density at radius 1 is 1.47 bits per heavy atom. The summed E-state index contributed by atoms with van der Waals surface area (Å²) in [7, 11) is 1.64. The first-order chi connectivity index (χ1) is 7.06. The fraction of sp³-hybridized carbons (Fsp3) is 0.286. The zero-order valence-corrected chi connectivity index (χ0v) is 8.83. The Morgan fingerprint density at radius 2 is 2.13 bits per heavy atom. The van der Waals surface area contributed by atoms with E-state index in [1.165, 1.54) is 16.3 Å². The number of rotatable bonds is 1. The SMILES string of the molecule is CSc1nc2[nH]c(=O)n(O)c(=O)c2n1C. The molecule has 0 amide bonds. The fourth-order valence-corrected chi connectivity index (χ4v) is 1.89. The van der Waals surface area contributed by atoms with Crippen LogP contribution in [-0.4, -0.2) is 30.7 Å². The number of nitrogens with one attached hydrogen (secondary N) is 1. The smallest absolute Gasteiger partial charge is 0.363 e. The Labute approximate surface area is 87.3 Å². The van der Waals surface area contributed by atoms with Crippen molar-refractivity contribution in [1.29, 1.82) is 0 Å². The first kappa shape index (κ1) is 9.84. The minimum Gasteiger partial charge on any atom is -0.421 e. The topological polar surface area (TPSA) is 92.9 Å². The van der Waals surface area contributed by atoms with Crippen molar-refractivity contribution < 1.29 is 5.21 Å². The molecule has 0 unspecified atom stereocenters. The van der Waals surface area contributed by atoms with Gasteiger partial charge in [0.1, 0.15) is 0 Å². The number of hydrogen-bond donors (Lipinski definition) is 2. The van der Waals surface area contributed by atoms with E-state index >= 15 is 0 Å². The number of nitrogens with zero attached hydrogens (tertiary/aromatic N) is 3. The summed E-state index contributed by atoms with van der Waals surface area (Å²) in [6.07, 6.45) is 1.80. The van der Waals surface area contributed by atoms with E-state index in [-0.39, 0.29) is 15.9 Å². The van der Waals surface area contributed by atoms with Gasteiger partial charge in [0.05, 0.1) is 0 Å². The van der Waals surface area contributed by atoms with Crippen molar-refractivity contribution in [3.63, 3.8) is 0 Å². The van der Waals surface area contributed by atoms with Crippen LogP contribution in [0.25, 0.3) is 11.2 Å². The molecule has 0 fully saturated rings. The number of hydrogen-bond acceptors (Lipinski definition) is 5. The van der Waals surface area contributed by atoms with Crippen molar-refractivity contribution in [2.45, 2.75) is 5.16 Å². The molecule has 2 rings (SSSR count). The molecule has 8 heteroatoms. The van der Waals surface area contributed by atoms with Crippen LogP contribution in [0.2, 0.25) is 0 Å². The lowest BCUT2D eigenvalue weighted by Crippen LogP contribution is -2.33. The van der Waals surface area contributed by atoms with Crippen LogP contribution in [-0.2, 0) is 7.05 Å². The van der Waals surface area contributed by atoms with E-state index in [1.807, 2.05) is 0 Å². The summed E-state index contributed by atoms with van der Waals surface area (Å²) in [6, 6.07) is 0. The van der Waals surface area contributed by atoms with Crippen LogP contribution in [0.5, 0.6) is 0 Å². The molecule has 0 aliphatic carbocycles. The van der Waals surface area contributed by atoms with Crippen molar-refractivity contribution in [2.24, 2.45) is 7.05 Å². The lowest BCUT2D eigenvalue weighted by Gasteiger charge is -1.97. The van der Waals surface area contributed by atoms with E-state index in [0.717, 1.165) is 0 Å². The van der Waals surface area contributed by atoms with E-state index in [2.05, 4.69) is 9.97 Å². The molecule has 80 valence electrons. The number of aryl methyl sites for hydroxylation is 1. The Hall–Kier alpha value is -1.70. The largest absolute Gasteiger partial charge is 0.421 e. The van der Waals surface area contributed by atoms with Crippen LogP contribution in [0.15, 0.2) is 14.7 Å². The fourth-order valence-electron chi connectivity index (χ4n) is 1.34. The van der Waals surface area contributed by atoms with Gasteiger partial charge in [-0.25, -0.2) is 9.78 Å². The zero-order chi connectivity index (χ0) is 11.2. The molecule has 15 heavy (non-hydrogen) atoms. The van der Waals surface area contributed by atoms with Crippen molar-refractivity contribution in [1.82, 2.24) is 19.3 Å². The molecule has 2 N–H and O–H groups in total. The van der Waals surface area contributed by atoms with Gasteiger partial charge < -0.3 is 9.77 Å². The van der Waals surface area contributed by atoms with Gasteiger partial charge in [-0.1, -0.05) is 16.5 Å². The molecule has 0 aliphatic heterocycles. The second-order valence-corrected chi connectivity index (χ2v) is 3.68. The highest BCUT2D eigenvalue weighted by Gasteiger charge is 2.14. The Bertz CT molecular complexity index is 638. The zero-order valence-electron chi connectivity index (χ0n) is 8.01. The number of H-pyrrole nitrogens is 1. The van der Waals surface area contributed by atoms with Gasteiger partial charge in [0.2, 0.25) is 0 Å². The van der Waals surface area contributed by atoms with Crippen molar-refractivity contribution in [3.8, 4) is 0 Å². The molecule has 0 radical (unpaired) electrons. The third-order valence-corrected chi connectivity index (χ3v) is 2.78. The third-order valence-electron chi connectivity index (χ3n) is 2.05. The number of imidazole rings is 1. The summed E-state index contributed by atoms with van der Waals surface area (Å²) in [5.41, 5.74) is -1.31. The Morgan fingerprint density at radius 3 is 2.73 bits per heavy atom. The average Bonchev–Trinajstić information content (AvgIpc) is 2.52. The van der Waals surface area contributed by atoms with Crippen LogP contribution >= 0.6 is 11.8 Å². The average molecular weight is 228 g/mol. The quantitative estimate of drug-likeness (QED) is 0.501. The second-order valence-electron chi connectivity index (χ2n) is 2.90. The van der Waals surface area contributed by atoms with E-state index in [1.54, 1.807) is 13.3 Å². The molecule has 2 aromatic heterocycles. The summed E-state index contributed by atoms with van der Waals surface area (Å²) in [6.45, 7) is 0. The molecular weight excluding hydrogens is 220 g/mol. The highest BCUT2D eigenvalue weighted by atomic mass is 32.2. The summed E-state index contributed by atoms with van der Waals surface area (Å²) in [5.74, 6) is 0. The van der Waals surface area contributed by atoms with Crippen LogP contribution in [0.4, 0.5) is 0 Å². The normalized spacial score (nSPS) is 11.1. The van der Waals surface area contributed by atoms with Gasteiger partial charge in [0.25, 0.3) is 0 Å². The molecule has 2 heterocycles. The van der Waals surface area contributed by atoms with Crippen LogP contribution in [0.3, 0.4) is 0 Å². The van der Waals surface area contributed by atoms with Gasteiger partial charge in [0, 0.05) is 7.05 Å². The molecule has 0 aliphatic rings. The van der Waals surface area contributed by atoms with Gasteiger partial charge >= 0.3 is 11.2 Å². The minimum atomic E-state index is -0.891. The van der Waals surface area contributed by atoms with Crippen LogP contribution in [0, 0.1) is 0 Å². The standard InChI is InChI=1S/C7H8N4O3S/c1-10-3-4(9-7(10)15-2)8-6(13)11(14)5(3)12/h14H,1-2H3,(H,8,13). The number of aromatic amines is 1. The van der Waals surface area contributed by atoms with Gasteiger partial charge in [0.15, 0.2) is 16.3 Å². The number of fused-ring (bicyclic) bond motifs is 1. The van der Waals surface area contributed by atoms with Crippen molar-refractivity contribution in [2.75, 3.05) is 6.26 Å². The molecule has 2 aromatic rings. The van der Waals surface area contributed by atoms with Gasteiger partial charge in [-0.05, 0) is 6.26 Å². The molecule has 0 spiro atoms. The van der Waals surface area contributed by atoms with Gasteiger partial charge in [-0.3, -0.25) is 9.78 Å². The first-order valence-corrected chi connectivity index (χ1v) is 5.23. The van der Waals surface area contributed by atoms with E-state index in [9.17, 15) is 9.59 Å². The Balaban J connectivity index is 3.04. The van der Waals surface area contributed by atoms with Gasteiger partial charge in [-0.15, -0.1) is 0 Å². The summed E-state index contributed by atoms with van der Waals surface area (Å²) in [5, 5.41) is 9.71. The third kappa shape index (κ3) is 1.25. The summed E-state index contributed by atoms with van der Waals surface area (Å²) in [4.78, 5) is 28.9. The van der Waals surface area contributed by atoms with Crippen LogP contribution in [0.1, 0.15) is 0 Å². The van der Waals surface area contributed by atoms with Gasteiger partial charge in [-0.2, -0.15) is 0 Å². The lowest BCUT2D eigenvalue weighted by molar-refractivity contribution is 0.162. The molecular formula is C7H8N4O3S. The predicted molar refractivity (Wildman–Crippen MR) is 54.6 cm³/mol. The highest BCUT2D eigenvalue weighted by Crippen LogP contribution is 2.15. The molecule has 0 saturated heterocycles. The molecule has 7 nitrogen and oxygen atoms in total.